The van der Waals surface area contributed by atoms with Crippen molar-refractivity contribution in [2.45, 2.75) is 19.4 Å². The Balaban J connectivity index is 2.74. The van der Waals surface area contributed by atoms with E-state index >= 15 is 0 Å². The average Bonchev–Trinajstić information content (AvgIpc) is 2.26. The van der Waals surface area contributed by atoms with E-state index < -0.39 is 0 Å². The Kier molecular flexibility index (Phi) is 2.13. The van der Waals surface area contributed by atoms with Crippen LogP contribution in [0.1, 0.15) is 13.3 Å². The second-order valence-corrected chi connectivity index (χ2v) is 2.28. The van der Waals surface area contributed by atoms with Crippen molar-refractivity contribution in [2.24, 2.45) is 5.11 Å². The van der Waals surface area contributed by atoms with Gasteiger partial charge in [0.15, 0.2) is 0 Å². The molecule has 1 aliphatic rings. The van der Waals surface area contributed by atoms with Crippen LogP contribution in [0.5, 0.6) is 0 Å². The summed E-state index contributed by atoms with van der Waals surface area (Å²) in [4.78, 5) is 13.3. The average molecular weight is 153 g/mol. The van der Waals surface area contributed by atoms with Gasteiger partial charge in [0.2, 0.25) is 0 Å². The van der Waals surface area contributed by atoms with Crippen molar-refractivity contribution in [3.05, 3.63) is 22.2 Å². The lowest BCUT2D eigenvalue weighted by molar-refractivity contribution is -0.138. The summed E-state index contributed by atoms with van der Waals surface area (Å²) in [5, 5.41) is 3.16. The lowest BCUT2D eigenvalue weighted by Crippen LogP contribution is -1.99. The number of hydrogen-bond acceptors (Lipinski definition) is 3. The second kappa shape index (κ2) is 3.07. The highest BCUT2D eigenvalue weighted by Crippen LogP contribution is 2.19. The lowest BCUT2D eigenvalue weighted by Gasteiger charge is -1.94. The van der Waals surface area contributed by atoms with Gasteiger partial charge in [-0.15, -0.1) is 0 Å². The zero-order valence-electron chi connectivity index (χ0n) is 6.02. The molecule has 0 radical (unpaired) electrons. The molecule has 0 aliphatic carbocycles. The van der Waals surface area contributed by atoms with E-state index in [-0.39, 0.29) is 12.1 Å². The van der Waals surface area contributed by atoms with E-state index in [2.05, 4.69) is 10.0 Å². The van der Waals surface area contributed by atoms with Crippen LogP contribution in [-0.2, 0) is 9.53 Å². The molecule has 0 spiro atoms. The summed E-state index contributed by atoms with van der Waals surface area (Å²) in [6, 6.07) is 0. The molecule has 5 nitrogen and oxygen atoms in total. The Morgan fingerprint density at radius 1 is 1.91 bits per heavy atom. The number of hydrogen-bond donors (Lipinski definition) is 0. The molecule has 11 heavy (non-hydrogen) atoms. The number of esters is 1. The highest BCUT2D eigenvalue weighted by molar-refractivity contribution is 5.90. The van der Waals surface area contributed by atoms with Gasteiger partial charge in [-0.2, -0.15) is 0 Å². The van der Waals surface area contributed by atoms with Gasteiger partial charge in [-0.25, -0.2) is 4.79 Å². The number of carbonyl (C=O) groups excluding carboxylic acids is 1. The third kappa shape index (κ3) is 1.72. The van der Waals surface area contributed by atoms with Gasteiger partial charge in [-0.1, -0.05) is 5.11 Å². The zero-order valence-corrected chi connectivity index (χ0v) is 6.02. The number of nitrogens with zero attached hydrogens (tertiary/aromatic N) is 3. The van der Waals surface area contributed by atoms with E-state index in [0.717, 1.165) is 0 Å². The molecule has 0 amide bonds. The Labute approximate surface area is 63.3 Å². The van der Waals surface area contributed by atoms with Crippen LogP contribution in [0.3, 0.4) is 0 Å². The fourth-order valence-electron chi connectivity index (χ4n) is 0.894. The van der Waals surface area contributed by atoms with Crippen molar-refractivity contribution in [1.82, 2.24) is 0 Å². The summed E-state index contributed by atoms with van der Waals surface area (Å²) in [6.07, 6.45) is 1.63. The Hall–Kier alpha value is -1.48. The first-order valence-electron chi connectivity index (χ1n) is 3.18. The molecule has 1 saturated heterocycles. The molecule has 1 fully saturated rings. The molecule has 5 heteroatoms. The minimum Gasteiger partial charge on any atom is -0.459 e. The van der Waals surface area contributed by atoms with Gasteiger partial charge in [0.05, 0.1) is 0 Å². The van der Waals surface area contributed by atoms with Gasteiger partial charge in [-0.3, -0.25) is 0 Å². The molecule has 1 heterocycles. The molecule has 0 bridgehead atoms. The highest BCUT2D eigenvalue weighted by atomic mass is 16.5. The topological polar surface area (TPSA) is 75.1 Å². The maximum absolute atomic E-state index is 10.8. The maximum Gasteiger partial charge on any atom is 0.334 e. The molecule has 58 valence electrons. The van der Waals surface area contributed by atoms with Gasteiger partial charge in [0.25, 0.3) is 0 Å². The summed E-state index contributed by atoms with van der Waals surface area (Å²) in [5.74, 6) is -0.384. The molecule has 0 unspecified atom stereocenters. The molecule has 1 rings (SSSR count). The Morgan fingerprint density at radius 3 is 3.09 bits per heavy atom. The first kappa shape index (κ1) is 7.63. The van der Waals surface area contributed by atoms with Gasteiger partial charge in [0.1, 0.15) is 6.10 Å². The highest BCUT2D eigenvalue weighted by Gasteiger charge is 2.24. The van der Waals surface area contributed by atoms with E-state index in [0.29, 0.717) is 12.0 Å². The Morgan fingerprint density at radius 2 is 2.64 bits per heavy atom. The molecule has 0 aromatic rings. The van der Waals surface area contributed by atoms with E-state index in [1.165, 1.54) is 6.20 Å². The van der Waals surface area contributed by atoms with Crippen LogP contribution >= 0.6 is 0 Å². The van der Waals surface area contributed by atoms with E-state index in [1.807, 2.05) is 0 Å². The predicted octanol–water partition coefficient (Wildman–Crippen LogP) is 1.52. The van der Waals surface area contributed by atoms with E-state index in [1.54, 1.807) is 6.92 Å². The van der Waals surface area contributed by atoms with Gasteiger partial charge >= 0.3 is 5.97 Å². The van der Waals surface area contributed by atoms with Gasteiger partial charge in [0, 0.05) is 23.1 Å². The monoisotopic (exact) mass is 153 g/mol. The summed E-state index contributed by atoms with van der Waals surface area (Å²) < 4.78 is 4.78. The number of ether oxygens (including phenoxy) is 1. The van der Waals surface area contributed by atoms with Crippen molar-refractivity contribution in [3.8, 4) is 0 Å². The lowest BCUT2D eigenvalue weighted by atomic mass is 10.2. The molecular formula is C6H7N3O2. The predicted molar refractivity (Wildman–Crippen MR) is 37.4 cm³/mol. The largest absolute Gasteiger partial charge is 0.459 e. The van der Waals surface area contributed by atoms with Crippen LogP contribution in [0.15, 0.2) is 16.9 Å². The molecule has 0 saturated carbocycles. The normalized spacial score (nSPS) is 26.5. The summed E-state index contributed by atoms with van der Waals surface area (Å²) >= 11 is 0. The summed E-state index contributed by atoms with van der Waals surface area (Å²) in [5.41, 5.74) is 8.38. The van der Waals surface area contributed by atoms with Crippen LogP contribution in [0.4, 0.5) is 0 Å². The first-order valence-corrected chi connectivity index (χ1v) is 3.18. The third-order valence-corrected chi connectivity index (χ3v) is 1.34. The smallest absolute Gasteiger partial charge is 0.334 e. The van der Waals surface area contributed by atoms with Crippen LogP contribution in [0.2, 0.25) is 0 Å². The number of carbonyl (C=O) groups is 1. The maximum atomic E-state index is 10.8. The van der Waals surface area contributed by atoms with E-state index in [4.69, 9.17) is 10.3 Å². The van der Waals surface area contributed by atoms with Crippen LogP contribution in [0.25, 0.3) is 10.4 Å². The SMILES string of the molecule is C[C@@H]1C/C(=C\N=[N+]=[N-])C(=O)O1. The third-order valence-electron chi connectivity index (χ3n) is 1.34. The van der Waals surface area contributed by atoms with Crippen molar-refractivity contribution < 1.29 is 9.53 Å². The van der Waals surface area contributed by atoms with Crippen molar-refractivity contribution in [1.29, 1.82) is 0 Å². The van der Waals surface area contributed by atoms with E-state index in [9.17, 15) is 4.79 Å². The van der Waals surface area contributed by atoms with Crippen molar-refractivity contribution in [2.75, 3.05) is 0 Å². The quantitative estimate of drug-likeness (QED) is 0.188. The van der Waals surface area contributed by atoms with Crippen LogP contribution in [0, 0.1) is 0 Å². The van der Waals surface area contributed by atoms with Crippen LogP contribution in [-0.4, -0.2) is 12.1 Å². The molecule has 1 atom stereocenters. The molecule has 0 aromatic heterocycles. The van der Waals surface area contributed by atoms with Crippen LogP contribution < -0.4 is 0 Å². The second-order valence-electron chi connectivity index (χ2n) is 2.28. The summed E-state index contributed by atoms with van der Waals surface area (Å²) in [6.45, 7) is 1.79. The standard InChI is InChI=1S/C6H7N3O2/c1-4-2-5(3-8-9-7)6(10)11-4/h3-4H,2H2,1H3/b5-3+/t4-/m1/s1. The fraction of sp³-hybridized carbons (Fsp3) is 0.500. The number of azide groups is 1. The first-order chi connectivity index (χ1) is 5.24. The minimum absolute atomic E-state index is 0.0948. The molecule has 0 aromatic carbocycles. The molecule has 0 N–H and O–H groups in total. The zero-order chi connectivity index (χ0) is 8.27. The van der Waals surface area contributed by atoms with Gasteiger partial charge < -0.3 is 4.74 Å². The minimum atomic E-state index is -0.384. The molecular weight excluding hydrogens is 146 g/mol. The Bertz CT molecular complexity index is 253. The molecule has 1 aliphatic heterocycles. The van der Waals surface area contributed by atoms with Gasteiger partial charge in [-0.05, 0) is 12.5 Å². The van der Waals surface area contributed by atoms with Crippen molar-refractivity contribution >= 4 is 5.97 Å². The number of rotatable bonds is 1. The fourth-order valence-corrected chi connectivity index (χ4v) is 0.894. The number of cyclic esters (lactones) is 1. The van der Waals surface area contributed by atoms with Crippen molar-refractivity contribution in [3.63, 3.8) is 0 Å². The summed E-state index contributed by atoms with van der Waals surface area (Å²) in [7, 11) is 0.